The quantitative estimate of drug-likeness (QED) is 0.711. The van der Waals surface area contributed by atoms with Crippen LogP contribution in [0.25, 0.3) is 11.1 Å². The molecule has 3 aromatic rings. The number of ether oxygens (including phenoxy) is 1. The smallest absolute Gasteiger partial charge is 0.361 e. The predicted octanol–water partition coefficient (Wildman–Crippen LogP) is 1.80. The second-order valence-electron chi connectivity index (χ2n) is 4.37. The maximum atomic E-state index is 11.9. The van der Waals surface area contributed by atoms with Gasteiger partial charge in [-0.2, -0.15) is 4.98 Å². The normalized spacial score (nSPS) is 10.6. The molecule has 3 heterocycles. The van der Waals surface area contributed by atoms with Crippen molar-refractivity contribution in [2.45, 2.75) is 13.5 Å². The summed E-state index contributed by atoms with van der Waals surface area (Å²) in [6.07, 6.45) is 4.78. The Balaban J connectivity index is 1.92. The van der Waals surface area contributed by atoms with Gasteiger partial charge in [-0.05, 0) is 18.6 Å². The molecule has 3 aromatic heterocycles. The highest BCUT2D eigenvalue weighted by Gasteiger charge is 2.21. The summed E-state index contributed by atoms with van der Waals surface area (Å²) >= 11 is 0. The van der Waals surface area contributed by atoms with Gasteiger partial charge >= 0.3 is 5.97 Å². The second kappa shape index (κ2) is 6.17. The molecule has 0 unspecified atom stereocenters. The third-order valence-corrected chi connectivity index (χ3v) is 2.92. The monoisotopic (exact) mass is 299 g/mol. The van der Waals surface area contributed by atoms with Crippen LogP contribution in [0, 0.1) is 0 Å². The van der Waals surface area contributed by atoms with Gasteiger partial charge < -0.3 is 14.6 Å². The molecule has 0 aliphatic heterocycles. The molecule has 22 heavy (non-hydrogen) atoms. The number of hydrogen-bond acceptors (Lipinski definition) is 8. The molecule has 0 aliphatic carbocycles. The van der Waals surface area contributed by atoms with Gasteiger partial charge in [-0.15, -0.1) is 0 Å². The molecule has 0 atom stereocenters. The highest BCUT2D eigenvalue weighted by molar-refractivity contribution is 6.04. The van der Waals surface area contributed by atoms with Gasteiger partial charge in [0.2, 0.25) is 5.69 Å². The minimum absolute atomic E-state index is 0.0612. The summed E-state index contributed by atoms with van der Waals surface area (Å²) in [5.41, 5.74) is 1.27. The van der Waals surface area contributed by atoms with Crippen LogP contribution in [0.2, 0.25) is 0 Å². The van der Waals surface area contributed by atoms with Gasteiger partial charge in [-0.25, -0.2) is 9.78 Å². The van der Waals surface area contributed by atoms with Crippen LogP contribution in [0.4, 0.5) is 5.82 Å². The van der Waals surface area contributed by atoms with Crippen LogP contribution in [-0.2, 0) is 11.3 Å². The highest BCUT2D eigenvalue weighted by Crippen LogP contribution is 2.24. The lowest BCUT2D eigenvalue weighted by Crippen LogP contribution is -2.08. The number of nitrogens with one attached hydrogen (secondary N) is 1. The predicted molar refractivity (Wildman–Crippen MR) is 77.1 cm³/mol. The van der Waals surface area contributed by atoms with E-state index >= 15 is 0 Å². The number of carbonyl (C=O) groups excluding carboxylic acids is 1. The molecule has 0 bridgehead atoms. The third kappa shape index (κ3) is 2.71. The average molecular weight is 299 g/mol. The number of hydrogen-bond donors (Lipinski definition) is 1. The van der Waals surface area contributed by atoms with Gasteiger partial charge in [0.25, 0.3) is 5.71 Å². The Morgan fingerprint density at radius 2 is 2.32 bits per heavy atom. The van der Waals surface area contributed by atoms with Crippen molar-refractivity contribution < 1.29 is 14.1 Å². The Kier molecular flexibility index (Phi) is 3.90. The molecule has 8 heteroatoms. The van der Waals surface area contributed by atoms with Crippen LogP contribution in [0.1, 0.15) is 23.0 Å². The zero-order chi connectivity index (χ0) is 15.4. The van der Waals surface area contributed by atoms with E-state index in [2.05, 4.69) is 25.4 Å². The van der Waals surface area contributed by atoms with E-state index in [1.807, 2.05) is 12.1 Å². The van der Waals surface area contributed by atoms with Gasteiger partial charge in [0.1, 0.15) is 17.5 Å². The van der Waals surface area contributed by atoms with E-state index in [-0.39, 0.29) is 18.0 Å². The summed E-state index contributed by atoms with van der Waals surface area (Å²) in [4.78, 5) is 24.1. The number of carbonyl (C=O) groups is 1. The molecule has 8 nitrogen and oxygen atoms in total. The average Bonchev–Trinajstić information content (AvgIpc) is 2.99. The van der Waals surface area contributed by atoms with E-state index in [0.29, 0.717) is 17.7 Å². The molecule has 0 spiro atoms. The molecule has 0 saturated heterocycles. The first-order valence-corrected chi connectivity index (χ1v) is 6.70. The number of esters is 1. The molecule has 1 N–H and O–H groups in total. The van der Waals surface area contributed by atoms with Crippen LogP contribution in [0.5, 0.6) is 0 Å². The summed E-state index contributed by atoms with van der Waals surface area (Å²) < 4.78 is 10.0. The van der Waals surface area contributed by atoms with E-state index in [1.54, 1.807) is 19.3 Å². The zero-order valence-electron chi connectivity index (χ0n) is 11.8. The Morgan fingerprint density at radius 1 is 1.41 bits per heavy atom. The van der Waals surface area contributed by atoms with Crippen LogP contribution >= 0.6 is 0 Å². The van der Waals surface area contributed by atoms with E-state index in [1.165, 1.54) is 6.33 Å². The van der Waals surface area contributed by atoms with Crippen LogP contribution in [0.15, 0.2) is 35.4 Å². The SMILES string of the molecule is CCOC(=O)c1noc2ncnc(NCc3cccnc3)c12. The minimum atomic E-state index is -0.569. The maximum absolute atomic E-state index is 11.9. The second-order valence-corrected chi connectivity index (χ2v) is 4.37. The molecule has 0 radical (unpaired) electrons. The van der Waals surface area contributed by atoms with Gasteiger partial charge in [0.05, 0.1) is 6.61 Å². The summed E-state index contributed by atoms with van der Waals surface area (Å²) in [7, 11) is 0. The molecular formula is C14H13N5O3. The number of aromatic nitrogens is 4. The lowest BCUT2D eigenvalue weighted by atomic mass is 10.2. The number of nitrogens with zero attached hydrogens (tertiary/aromatic N) is 4. The van der Waals surface area contributed by atoms with Crippen molar-refractivity contribution in [1.29, 1.82) is 0 Å². The number of fused-ring (bicyclic) bond motifs is 1. The lowest BCUT2D eigenvalue weighted by molar-refractivity contribution is 0.0517. The Labute approximate surface area is 125 Å². The molecule has 0 saturated carbocycles. The van der Waals surface area contributed by atoms with E-state index < -0.39 is 5.97 Å². The molecule has 0 aliphatic rings. The van der Waals surface area contributed by atoms with Gasteiger partial charge in [-0.3, -0.25) is 4.98 Å². The fourth-order valence-electron chi connectivity index (χ4n) is 1.95. The van der Waals surface area contributed by atoms with E-state index in [9.17, 15) is 4.79 Å². The fourth-order valence-corrected chi connectivity index (χ4v) is 1.95. The van der Waals surface area contributed by atoms with Crippen molar-refractivity contribution in [3.8, 4) is 0 Å². The van der Waals surface area contributed by atoms with Crippen molar-refractivity contribution in [3.05, 3.63) is 42.1 Å². The van der Waals surface area contributed by atoms with Crippen molar-refractivity contribution in [2.75, 3.05) is 11.9 Å². The number of anilines is 1. The minimum Gasteiger partial charge on any atom is -0.461 e. The molecule has 0 fully saturated rings. The van der Waals surface area contributed by atoms with Crippen molar-refractivity contribution in [2.24, 2.45) is 0 Å². The molecule has 3 rings (SSSR count). The summed E-state index contributed by atoms with van der Waals surface area (Å²) in [5.74, 6) is -0.112. The molecule has 0 aromatic carbocycles. The largest absolute Gasteiger partial charge is 0.461 e. The van der Waals surface area contributed by atoms with Gasteiger partial charge in [0, 0.05) is 18.9 Å². The first kappa shape index (κ1) is 13.9. The van der Waals surface area contributed by atoms with E-state index in [0.717, 1.165) is 5.56 Å². The van der Waals surface area contributed by atoms with Crippen LogP contribution < -0.4 is 5.32 Å². The van der Waals surface area contributed by atoms with Crippen LogP contribution in [-0.4, -0.2) is 32.7 Å². The van der Waals surface area contributed by atoms with Crippen LogP contribution in [0.3, 0.4) is 0 Å². The summed E-state index contributed by atoms with van der Waals surface area (Å²) in [6.45, 7) is 2.46. The van der Waals surface area contributed by atoms with Crippen molar-refractivity contribution in [1.82, 2.24) is 20.1 Å². The van der Waals surface area contributed by atoms with Gasteiger partial charge in [-0.1, -0.05) is 11.2 Å². The van der Waals surface area contributed by atoms with Crippen molar-refractivity contribution in [3.63, 3.8) is 0 Å². The standard InChI is InChI=1S/C14H13N5O3/c1-2-21-14(20)11-10-12(17-8-18-13(10)22-19-11)16-7-9-4-3-5-15-6-9/h3-6,8H,2,7H2,1H3,(H,16,17,18). The Bertz CT molecular complexity index is 788. The molecule has 0 amide bonds. The van der Waals surface area contributed by atoms with Crippen molar-refractivity contribution >= 4 is 22.9 Å². The Morgan fingerprint density at radius 3 is 3.09 bits per heavy atom. The topological polar surface area (TPSA) is 103 Å². The highest BCUT2D eigenvalue weighted by atomic mass is 16.5. The molecule has 112 valence electrons. The summed E-state index contributed by atoms with van der Waals surface area (Å²) in [6, 6.07) is 3.77. The number of pyridine rings is 1. The third-order valence-electron chi connectivity index (χ3n) is 2.92. The maximum Gasteiger partial charge on any atom is 0.361 e. The van der Waals surface area contributed by atoms with E-state index in [4.69, 9.17) is 9.26 Å². The Hall–Kier alpha value is -3.03. The summed E-state index contributed by atoms with van der Waals surface area (Å²) in [5, 5.41) is 7.26. The first-order valence-electron chi connectivity index (χ1n) is 6.70. The van der Waals surface area contributed by atoms with Gasteiger partial charge in [0.15, 0.2) is 0 Å². The fraction of sp³-hybridized carbons (Fsp3) is 0.214. The molecular weight excluding hydrogens is 286 g/mol. The lowest BCUT2D eigenvalue weighted by Gasteiger charge is -2.06. The number of rotatable bonds is 5. The zero-order valence-corrected chi connectivity index (χ0v) is 11.8. The first-order chi connectivity index (χ1) is 10.8.